The fraction of sp³-hybridized carbons (Fsp3) is 0.273. The van der Waals surface area contributed by atoms with Gasteiger partial charge >= 0.3 is 0 Å². The predicted molar refractivity (Wildman–Crippen MR) is 74.7 cm³/mol. The van der Waals surface area contributed by atoms with E-state index in [1.54, 1.807) is 12.1 Å². The first kappa shape index (κ1) is 14.2. The van der Waals surface area contributed by atoms with Gasteiger partial charge in [-0.2, -0.15) is 0 Å². The smallest absolute Gasteiger partial charge is 0.252 e. The molecule has 0 fully saturated rings. The van der Waals surface area contributed by atoms with E-state index >= 15 is 0 Å². The van der Waals surface area contributed by atoms with Gasteiger partial charge in [0.25, 0.3) is 5.91 Å². The molecule has 0 aliphatic carbocycles. The van der Waals surface area contributed by atoms with Crippen molar-refractivity contribution in [3.05, 3.63) is 33.8 Å². The number of benzene rings is 1. The van der Waals surface area contributed by atoms with Gasteiger partial charge in [0.15, 0.2) is 0 Å². The monoisotopic (exact) mass is 290 g/mol. The average molecular weight is 291 g/mol. The number of rotatable bonds is 4. The molecule has 0 bridgehead atoms. The van der Waals surface area contributed by atoms with Crippen LogP contribution < -0.4 is 11.1 Å². The SMILES string of the molecule is CC(CNC(=O)c1cc(Cl)ccc1Cl)C(N)=S. The topological polar surface area (TPSA) is 55.1 Å². The molecule has 0 radical (unpaired) electrons. The molecule has 6 heteroatoms. The molecule has 0 heterocycles. The van der Waals surface area contributed by atoms with E-state index in [1.807, 2.05) is 6.92 Å². The van der Waals surface area contributed by atoms with Crippen LogP contribution in [0, 0.1) is 5.92 Å². The maximum atomic E-state index is 11.8. The standard InChI is InChI=1S/C11H12Cl2N2OS/c1-6(10(14)17)5-15-11(16)8-4-7(12)2-3-9(8)13/h2-4,6H,5H2,1H3,(H2,14,17)(H,15,16). The lowest BCUT2D eigenvalue weighted by molar-refractivity contribution is 0.0951. The summed E-state index contributed by atoms with van der Waals surface area (Å²) in [6.45, 7) is 2.21. The van der Waals surface area contributed by atoms with Gasteiger partial charge in [-0.1, -0.05) is 42.3 Å². The molecule has 0 aliphatic rings. The third-order valence-electron chi connectivity index (χ3n) is 2.23. The Kier molecular flexibility index (Phi) is 5.18. The summed E-state index contributed by atoms with van der Waals surface area (Å²) in [6.07, 6.45) is 0. The Balaban J connectivity index is 2.70. The molecule has 0 aliphatic heterocycles. The van der Waals surface area contributed by atoms with Crippen LogP contribution in [0.5, 0.6) is 0 Å². The first-order valence-electron chi connectivity index (χ1n) is 4.94. The summed E-state index contributed by atoms with van der Waals surface area (Å²) in [5.41, 5.74) is 5.79. The number of nitrogens with one attached hydrogen (secondary N) is 1. The van der Waals surface area contributed by atoms with Crippen molar-refractivity contribution in [2.45, 2.75) is 6.92 Å². The molecule has 92 valence electrons. The number of hydrogen-bond acceptors (Lipinski definition) is 2. The van der Waals surface area contributed by atoms with E-state index in [0.29, 0.717) is 27.1 Å². The highest BCUT2D eigenvalue weighted by Gasteiger charge is 2.12. The first-order chi connectivity index (χ1) is 7.91. The van der Waals surface area contributed by atoms with Crippen LogP contribution in [0.15, 0.2) is 18.2 Å². The van der Waals surface area contributed by atoms with E-state index in [0.717, 1.165) is 0 Å². The zero-order chi connectivity index (χ0) is 13.0. The maximum Gasteiger partial charge on any atom is 0.252 e. The summed E-state index contributed by atoms with van der Waals surface area (Å²) in [6, 6.07) is 4.72. The van der Waals surface area contributed by atoms with E-state index in [9.17, 15) is 4.79 Å². The lowest BCUT2D eigenvalue weighted by atomic mass is 10.1. The highest BCUT2D eigenvalue weighted by molar-refractivity contribution is 7.80. The van der Waals surface area contributed by atoms with Gasteiger partial charge in [-0.05, 0) is 18.2 Å². The van der Waals surface area contributed by atoms with Gasteiger partial charge in [0, 0.05) is 17.5 Å². The van der Waals surface area contributed by atoms with Gasteiger partial charge in [-0.15, -0.1) is 0 Å². The van der Waals surface area contributed by atoms with Crippen LogP contribution in [0.25, 0.3) is 0 Å². The van der Waals surface area contributed by atoms with E-state index in [-0.39, 0.29) is 11.8 Å². The van der Waals surface area contributed by atoms with Gasteiger partial charge in [-0.3, -0.25) is 4.79 Å². The van der Waals surface area contributed by atoms with Crippen LogP contribution in [0.1, 0.15) is 17.3 Å². The Morgan fingerprint density at radius 3 is 2.76 bits per heavy atom. The summed E-state index contributed by atoms with van der Waals surface area (Å²) < 4.78 is 0. The van der Waals surface area contributed by atoms with Crippen molar-refractivity contribution in [3.8, 4) is 0 Å². The van der Waals surface area contributed by atoms with Gasteiger partial charge in [0.1, 0.15) is 0 Å². The summed E-state index contributed by atoms with van der Waals surface area (Å²) in [4.78, 5) is 12.2. The van der Waals surface area contributed by atoms with Crippen LogP contribution in [-0.4, -0.2) is 17.4 Å². The molecule has 1 aromatic rings. The largest absolute Gasteiger partial charge is 0.393 e. The summed E-state index contributed by atoms with van der Waals surface area (Å²) in [5, 5.41) is 3.52. The molecule has 0 saturated heterocycles. The van der Waals surface area contributed by atoms with Gasteiger partial charge < -0.3 is 11.1 Å². The Hall–Kier alpha value is -0.840. The van der Waals surface area contributed by atoms with E-state index in [2.05, 4.69) is 5.32 Å². The van der Waals surface area contributed by atoms with Crippen LogP contribution >= 0.6 is 35.4 Å². The van der Waals surface area contributed by atoms with Gasteiger partial charge in [-0.25, -0.2) is 0 Å². The lowest BCUT2D eigenvalue weighted by Gasteiger charge is -2.11. The number of carbonyl (C=O) groups is 1. The van der Waals surface area contributed by atoms with Crippen molar-refractivity contribution >= 4 is 46.3 Å². The number of thiocarbonyl (C=S) groups is 1. The molecule has 0 aromatic heterocycles. The number of carbonyl (C=O) groups excluding carboxylic acids is 1. The van der Waals surface area contributed by atoms with Gasteiger partial charge in [0.05, 0.1) is 15.6 Å². The van der Waals surface area contributed by atoms with Crippen LogP contribution in [-0.2, 0) is 0 Å². The van der Waals surface area contributed by atoms with Crippen LogP contribution in [0.3, 0.4) is 0 Å². The third kappa shape index (κ3) is 4.15. The van der Waals surface area contributed by atoms with Crippen molar-refractivity contribution in [2.75, 3.05) is 6.54 Å². The van der Waals surface area contributed by atoms with Crippen molar-refractivity contribution in [1.29, 1.82) is 0 Å². The molecule has 17 heavy (non-hydrogen) atoms. The molecule has 1 rings (SSSR count). The van der Waals surface area contributed by atoms with Crippen molar-refractivity contribution in [3.63, 3.8) is 0 Å². The van der Waals surface area contributed by atoms with E-state index in [4.69, 9.17) is 41.2 Å². The number of nitrogens with two attached hydrogens (primary N) is 1. The Bertz CT molecular complexity index is 451. The molecule has 0 saturated carbocycles. The average Bonchev–Trinajstić information content (AvgIpc) is 2.28. The number of halogens is 2. The lowest BCUT2D eigenvalue weighted by Crippen LogP contribution is -2.33. The zero-order valence-electron chi connectivity index (χ0n) is 9.17. The summed E-state index contributed by atoms with van der Waals surface area (Å²) in [7, 11) is 0. The highest BCUT2D eigenvalue weighted by Crippen LogP contribution is 2.20. The third-order valence-corrected chi connectivity index (χ3v) is 3.19. The minimum Gasteiger partial charge on any atom is -0.393 e. The summed E-state index contributed by atoms with van der Waals surface area (Å²) >= 11 is 16.5. The Morgan fingerprint density at radius 2 is 2.18 bits per heavy atom. The molecular formula is C11H12Cl2N2OS. The molecular weight excluding hydrogens is 279 g/mol. The second-order valence-corrected chi connectivity index (χ2v) is 4.95. The fourth-order valence-electron chi connectivity index (χ4n) is 1.11. The normalized spacial score (nSPS) is 11.9. The van der Waals surface area contributed by atoms with E-state index < -0.39 is 0 Å². The molecule has 1 amide bonds. The maximum absolute atomic E-state index is 11.8. The van der Waals surface area contributed by atoms with Crippen LogP contribution in [0.4, 0.5) is 0 Å². The molecule has 3 nitrogen and oxygen atoms in total. The fourth-order valence-corrected chi connectivity index (χ4v) is 1.57. The Labute approximate surface area is 115 Å². The Morgan fingerprint density at radius 1 is 1.53 bits per heavy atom. The zero-order valence-corrected chi connectivity index (χ0v) is 11.5. The minimum absolute atomic E-state index is 0.0630. The van der Waals surface area contributed by atoms with Crippen molar-refractivity contribution < 1.29 is 4.79 Å². The van der Waals surface area contributed by atoms with Gasteiger partial charge in [0.2, 0.25) is 0 Å². The molecule has 1 atom stereocenters. The second-order valence-electron chi connectivity index (χ2n) is 3.64. The van der Waals surface area contributed by atoms with Crippen molar-refractivity contribution in [1.82, 2.24) is 5.32 Å². The highest BCUT2D eigenvalue weighted by atomic mass is 35.5. The molecule has 0 spiro atoms. The number of amides is 1. The molecule has 1 aromatic carbocycles. The van der Waals surface area contributed by atoms with Crippen LogP contribution in [0.2, 0.25) is 10.0 Å². The quantitative estimate of drug-likeness (QED) is 0.838. The second kappa shape index (κ2) is 6.19. The van der Waals surface area contributed by atoms with E-state index in [1.165, 1.54) is 6.07 Å². The predicted octanol–water partition coefficient (Wildman–Crippen LogP) is 2.65. The molecule has 3 N–H and O–H groups in total. The van der Waals surface area contributed by atoms with Crippen molar-refractivity contribution in [2.24, 2.45) is 11.7 Å². The molecule has 1 unspecified atom stereocenters. The first-order valence-corrected chi connectivity index (χ1v) is 6.10. The summed E-state index contributed by atoms with van der Waals surface area (Å²) in [5.74, 6) is -0.354. The number of hydrogen-bond donors (Lipinski definition) is 2. The minimum atomic E-state index is -0.291.